The van der Waals surface area contributed by atoms with Gasteiger partial charge in [-0.25, -0.2) is 0 Å². The zero-order valence-corrected chi connectivity index (χ0v) is 19.9. The molecular weight excluding hydrogens is 438 g/mol. The van der Waals surface area contributed by atoms with Gasteiger partial charge in [0.15, 0.2) is 12.4 Å². The number of benzene rings is 3. The van der Waals surface area contributed by atoms with Crippen LogP contribution >= 0.6 is 0 Å². The minimum Gasteiger partial charge on any atom is -0.192 e. The lowest BCUT2D eigenvalue weighted by Crippen LogP contribution is -2.51. The van der Waals surface area contributed by atoms with Crippen LogP contribution in [0.15, 0.2) is 109 Å². The molecule has 0 N–H and O–H groups in total. The Labute approximate surface area is 210 Å². The molecule has 3 heteroatoms. The minimum absolute atomic E-state index is 0.205. The van der Waals surface area contributed by atoms with E-state index in [1.165, 1.54) is 50.3 Å². The van der Waals surface area contributed by atoms with Crippen LogP contribution in [-0.4, -0.2) is 0 Å². The van der Waals surface area contributed by atoms with Gasteiger partial charge in [-0.3, -0.25) is 0 Å². The maximum Gasteiger partial charge on any atom is 0.269 e. The van der Waals surface area contributed by atoms with Gasteiger partial charge in [-0.05, 0) is 48.4 Å². The van der Waals surface area contributed by atoms with Crippen LogP contribution in [0, 0.1) is 18.3 Å². The fourth-order valence-corrected chi connectivity index (χ4v) is 6.98. The Morgan fingerprint density at radius 3 is 2.42 bits per heavy atom. The summed E-state index contributed by atoms with van der Waals surface area (Å²) < 4.78 is 5.04. The number of pyridine rings is 2. The van der Waals surface area contributed by atoms with Crippen LogP contribution in [0.5, 0.6) is 0 Å². The molecule has 2 aromatic heterocycles. The quantitative estimate of drug-likeness (QED) is 0.288. The molecule has 36 heavy (non-hydrogen) atoms. The lowest BCUT2D eigenvalue weighted by atomic mass is 9.92. The molecule has 1 aliphatic carbocycles. The fourth-order valence-electron chi connectivity index (χ4n) is 6.98. The number of nitrogens with zero attached hydrogens (tertiary/aromatic N) is 3. The standard InChI is InChI=1S/C33H23N3/c1-21-11-15-29-27-17-22(18-34)12-14-25(27)31-32(35(29)19-21)33(31)28-10-6-5-9-26(28)30-16-13-24(20-36(30)33)23-7-3-2-4-8-23/h2-17,19-20,31-32H,1H3/q+2. The smallest absolute Gasteiger partial charge is 0.192 e. The lowest BCUT2D eigenvalue weighted by Gasteiger charge is -2.12. The number of aromatic nitrogens is 2. The molecule has 1 saturated carbocycles. The molecule has 4 heterocycles. The van der Waals surface area contributed by atoms with Crippen molar-refractivity contribution in [2.45, 2.75) is 24.4 Å². The minimum atomic E-state index is -0.205. The zero-order valence-electron chi connectivity index (χ0n) is 19.9. The van der Waals surface area contributed by atoms with Crippen molar-refractivity contribution in [3.05, 3.63) is 132 Å². The van der Waals surface area contributed by atoms with Crippen molar-refractivity contribution in [2.75, 3.05) is 0 Å². The number of nitriles is 1. The molecule has 0 bridgehead atoms. The molecule has 0 saturated heterocycles. The van der Waals surface area contributed by atoms with Crippen LogP contribution in [0.3, 0.4) is 0 Å². The van der Waals surface area contributed by atoms with Crippen LogP contribution in [0.25, 0.3) is 33.6 Å². The second-order valence-corrected chi connectivity index (χ2v) is 10.2. The largest absolute Gasteiger partial charge is 0.269 e. The summed E-state index contributed by atoms with van der Waals surface area (Å²) in [5, 5.41) is 9.65. The van der Waals surface area contributed by atoms with E-state index >= 15 is 0 Å². The van der Waals surface area contributed by atoms with Crippen molar-refractivity contribution in [1.82, 2.24) is 0 Å². The van der Waals surface area contributed by atoms with Gasteiger partial charge in [0, 0.05) is 28.8 Å². The van der Waals surface area contributed by atoms with Crippen LogP contribution in [0.2, 0.25) is 0 Å². The third kappa shape index (κ3) is 2.32. The van der Waals surface area contributed by atoms with E-state index < -0.39 is 0 Å². The van der Waals surface area contributed by atoms with E-state index in [-0.39, 0.29) is 17.5 Å². The Balaban J connectivity index is 1.45. The molecule has 3 aliphatic rings. The highest BCUT2D eigenvalue weighted by Gasteiger charge is 2.86. The van der Waals surface area contributed by atoms with E-state index in [0.29, 0.717) is 5.56 Å². The van der Waals surface area contributed by atoms with Gasteiger partial charge in [0.2, 0.25) is 17.4 Å². The van der Waals surface area contributed by atoms with Crippen LogP contribution in [0.1, 0.15) is 34.2 Å². The van der Waals surface area contributed by atoms with Gasteiger partial charge in [-0.1, -0.05) is 54.6 Å². The first-order valence-corrected chi connectivity index (χ1v) is 12.5. The summed E-state index contributed by atoms with van der Waals surface area (Å²) in [7, 11) is 0. The van der Waals surface area contributed by atoms with Crippen LogP contribution < -0.4 is 9.13 Å². The van der Waals surface area contributed by atoms with E-state index in [0.717, 1.165) is 0 Å². The number of hydrogen-bond donors (Lipinski definition) is 0. The van der Waals surface area contributed by atoms with Crippen molar-refractivity contribution < 1.29 is 9.13 Å². The summed E-state index contributed by atoms with van der Waals surface area (Å²) in [6.07, 6.45) is 4.66. The molecule has 0 radical (unpaired) electrons. The third-order valence-corrected chi connectivity index (χ3v) is 8.44. The summed E-state index contributed by atoms with van der Waals surface area (Å²) in [5.74, 6) is 0.290. The average Bonchev–Trinajstić information content (AvgIpc) is 3.55. The molecule has 168 valence electrons. The molecule has 3 atom stereocenters. The normalized spacial score (nSPS) is 21.6. The predicted molar refractivity (Wildman–Crippen MR) is 138 cm³/mol. The van der Waals surface area contributed by atoms with Crippen molar-refractivity contribution in [3.8, 4) is 39.7 Å². The summed E-state index contributed by atoms with van der Waals surface area (Å²) >= 11 is 0. The highest BCUT2D eigenvalue weighted by Crippen LogP contribution is 2.70. The first-order chi connectivity index (χ1) is 17.7. The van der Waals surface area contributed by atoms with Gasteiger partial charge in [-0.15, -0.1) is 0 Å². The van der Waals surface area contributed by atoms with Crippen LogP contribution in [-0.2, 0) is 5.54 Å². The Hall–Kier alpha value is -4.55. The van der Waals surface area contributed by atoms with Crippen molar-refractivity contribution >= 4 is 0 Å². The van der Waals surface area contributed by atoms with E-state index in [4.69, 9.17) is 0 Å². The summed E-state index contributed by atoms with van der Waals surface area (Å²) in [5.41, 5.74) is 11.9. The van der Waals surface area contributed by atoms with E-state index in [2.05, 4.69) is 126 Å². The Morgan fingerprint density at radius 2 is 1.56 bits per heavy atom. The number of rotatable bonds is 1. The second-order valence-electron chi connectivity index (χ2n) is 10.2. The molecular formula is C33H23N3+2. The summed E-state index contributed by atoms with van der Waals surface area (Å²) in [6.45, 7) is 2.16. The van der Waals surface area contributed by atoms with Crippen LogP contribution in [0.4, 0.5) is 0 Å². The summed E-state index contributed by atoms with van der Waals surface area (Å²) in [4.78, 5) is 0. The zero-order chi connectivity index (χ0) is 24.0. The highest BCUT2D eigenvalue weighted by atomic mass is 15.3. The maximum atomic E-state index is 9.65. The molecule has 3 unspecified atom stereocenters. The molecule has 5 aromatic rings. The fraction of sp³-hybridized carbons (Fsp3) is 0.121. The van der Waals surface area contributed by atoms with Crippen molar-refractivity contribution in [3.63, 3.8) is 0 Å². The highest BCUT2D eigenvalue weighted by molar-refractivity contribution is 5.75. The third-order valence-electron chi connectivity index (χ3n) is 8.44. The first-order valence-electron chi connectivity index (χ1n) is 12.5. The van der Waals surface area contributed by atoms with E-state index in [9.17, 15) is 5.26 Å². The van der Waals surface area contributed by atoms with Gasteiger partial charge < -0.3 is 0 Å². The van der Waals surface area contributed by atoms with E-state index in [1.807, 2.05) is 6.07 Å². The second kappa shape index (κ2) is 6.77. The molecule has 1 spiro atoms. The molecule has 1 fully saturated rings. The number of aryl methyl sites for hydroxylation is 1. The SMILES string of the molecule is Cc1ccc2[n+](c1)C1C(c3ccc(C#N)cc3-2)C12c1ccccc1-c1ccc(-c3ccccc3)c[n+]12. The first kappa shape index (κ1) is 19.7. The van der Waals surface area contributed by atoms with Gasteiger partial charge in [0.1, 0.15) is 5.92 Å². The topological polar surface area (TPSA) is 31.5 Å². The van der Waals surface area contributed by atoms with Gasteiger partial charge in [-0.2, -0.15) is 14.4 Å². The maximum absolute atomic E-state index is 9.65. The Morgan fingerprint density at radius 1 is 0.750 bits per heavy atom. The monoisotopic (exact) mass is 461 g/mol. The van der Waals surface area contributed by atoms with Gasteiger partial charge in [0.25, 0.3) is 5.54 Å². The van der Waals surface area contributed by atoms with Gasteiger partial charge in [0.05, 0.1) is 22.8 Å². The molecule has 3 nitrogen and oxygen atoms in total. The van der Waals surface area contributed by atoms with Crippen molar-refractivity contribution in [2.24, 2.45) is 0 Å². The molecule has 0 amide bonds. The molecule has 3 aromatic carbocycles. The predicted octanol–water partition coefficient (Wildman–Crippen LogP) is 5.85. The van der Waals surface area contributed by atoms with E-state index in [1.54, 1.807) is 0 Å². The Kier molecular flexibility index (Phi) is 3.71. The lowest BCUT2D eigenvalue weighted by molar-refractivity contribution is -0.771. The average molecular weight is 462 g/mol. The number of fused-ring (bicyclic) bond motifs is 13. The number of hydrogen-bond acceptors (Lipinski definition) is 1. The summed E-state index contributed by atoms with van der Waals surface area (Å²) in [6, 6.07) is 37.4. The molecule has 2 aliphatic heterocycles. The van der Waals surface area contributed by atoms with Crippen molar-refractivity contribution in [1.29, 1.82) is 5.26 Å². The van der Waals surface area contributed by atoms with Gasteiger partial charge >= 0.3 is 0 Å². The Bertz CT molecular complexity index is 1780. The molecule has 8 rings (SSSR count).